The summed E-state index contributed by atoms with van der Waals surface area (Å²) in [5.41, 5.74) is 2.03. The fourth-order valence-corrected chi connectivity index (χ4v) is 2.99. The highest BCUT2D eigenvalue weighted by Crippen LogP contribution is 2.34. The van der Waals surface area contributed by atoms with E-state index in [-0.39, 0.29) is 23.1 Å². The molecule has 0 unspecified atom stereocenters. The van der Waals surface area contributed by atoms with Crippen LogP contribution in [0.5, 0.6) is 5.75 Å². The number of phenols is 1. The molecule has 4 nitrogen and oxygen atoms in total. The van der Waals surface area contributed by atoms with Crippen LogP contribution in [0.15, 0.2) is 36.4 Å². The number of aromatic hydroxyl groups is 1. The van der Waals surface area contributed by atoms with Gasteiger partial charge < -0.3 is 10.4 Å². The SMILES string of the molecule is CCC(=O)CCCCCc1cccc(-c2ccc(NC(C)=O)c(F)c2)c1O. The van der Waals surface area contributed by atoms with Crippen molar-refractivity contribution in [3.8, 4) is 16.9 Å². The number of carbonyl (C=O) groups excluding carboxylic acids is 2. The van der Waals surface area contributed by atoms with Crippen molar-refractivity contribution in [1.82, 2.24) is 0 Å². The minimum Gasteiger partial charge on any atom is -0.507 e. The number of rotatable bonds is 9. The molecule has 2 aromatic carbocycles. The largest absolute Gasteiger partial charge is 0.507 e. The number of benzene rings is 2. The molecule has 0 aliphatic heterocycles. The van der Waals surface area contributed by atoms with Gasteiger partial charge in [-0.2, -0.15) is 0 Å². The molecule has 0 saturated carbocycles. The summed E-state index contributed by atoms with van der Waals surface area (Å²) in [5.74, 6) is -0.460. The number of Topliss-reactive ketones (excluding diaryl/α,β-unsaturated/α-hetero) is 1. The maximum absolute atomic E-state index is 14.2. The van der Waals surface area contributed by atoms with Gasteiger partial charge in [0.2, 0.25) is 5.91 Å². The van der Waals surface area contributed by atoms with Crippen LogP contribution >= 0.6 is 0 Å². The number of carbonyl (C=O) groups is 2. The monoisotopic (exact) mass is 371 g/mol. The van der Waals surface area contributed by atoms with Crippen molar-refractivity contribution in [2.24, 2.45) is 0 Å². The normalized spacial score (nSPS) is 10.6. The number of hydrogen-bond acceptors (Lipinski definition) is 3. The van der Waals surface area contributed by atoms with Gasteiger partial charge in [0.05, 0.1) is 5.69 Å². The van der Waals surface area contributed by atoms with E-state index in [1.54, 1.807) is 12.1 Å². The van der Waals surface area contributed by atoms with Crippen molar-refractivity contribution in [3.05, 3.63) is 47.8 Å². The van der Waals surface area contributed by atoms with Crippen LogP contribution in [-0.4, -0.2) is 16.8 Å². The Balaban J connectivity index is 2.07. The topological polar surface area (TPSA) is 66.4 Å². The maximum atomic E-state index is 14.2. The number of amides is 1. The first kappa shape index (κ1) is 20.6. The van der Waals surface area contributed by atoms with Crippen LogP contribution in [0.25, 0.3) is 11.1 Å². The summed E-state index contributed by atoms with van der Waals surface area (Å²) >= 11 is 0. The van der Waals surface area contributed by atoms with Gasteiger partial charge in [-0.3, -0.25) is 9.59 Å². The number of nitrogens with one attached hydrogen (secondary N) is 1. The van der Waals surface area contributed by atoms with Gasteiger partial charge in [0.15, 0.2) is 0 Å². The van der Waals surface area contributed by atoms with E-state index in [0.29, 0.717) is 30.4 Å². The van der Waals surface area contributed by atoms with Gasteiger partial charge in [-0.15, -0.1) is 0 Å². The van der Waals surface area contributed by atoms with Crippen LogP contribution in [-0.2, 0) is 16.0 Å². The molecule has 0 radical (unpaired) electrons. The fraction of sp³-hybridized carbons (Fsp3) is 0.364. The predicted molar refractivity (Wildman–Crippen MR) is 105 cm³/mol. The second-order valence-corrected chi connectivity index (χ2v) is 6.64. The van der Waals surface area contributed by atoms with Crippen molar-refractivity contribution >= 4 is 17.4 Å². The lowest BCUT2D eigenvalue weighted by molar-refractivity contribution is -0.119. The van der Waals surface area contributed by atoms with Crippen molar-refractivity contribution in [3.63, 3.8) is 0 Å². The zero-order valence-corrected chi connectivity index (χ0v) is 15.8. The zero-order valence-electron chi connectivity index (χ0n) is 15.8. The van der Waals surface area contributed by atoms with E-state index in [1.165, 1.54) is 19.1 Å². The molecule has 0 spiro atoms. The van der Waals surface area contributed by atoms with E-state index in [0.717, 1.165) is 24.8 Å². The maximum Gasteiger partial charge on any atom is 0.221 e. The van der Waals surface area contributed by atoms with E-state index in [9.17, 15) is 19.1 Å². The van der Waals surface area contributed by atoms with Crippen LogP contribution < -0.4 is 5.32 Å². The van der Waals surface area contributed by atoms with Crippen LogP contribution in [0.3, 0.4) is 0 Å². The van der Waals surface area contributed by atoms with Crippen molar-refractivity contribution in [2.75, 3.05) is 5.32 Å². The number of aryl methyl sites for hydroxylation is 1. The Hall–Kier alpha value is -2.69. The fourth-order valence-electron chi connectivity index (χ4n) is 2.99. The molecular weight excluding hydrogens is 345 g/mol. The molecule has 27 heavy (non-hydrogen) atoms. The van der Waals surface area contributed by atoms with Crippen LogP contribution in [0.2, 0.25) is 0 Å². The van der Waals surface area contributed by atoms with Gasteiger partial charge in [-0.05, 0) is 42.5 Å². The predicted octanol–water partition coefficient (Wildman–Crippen LogP) is 5.24. The Kier molecular flexibility index (Phi) is 7.53. The van der Waals surface area contributed by atoms with Gasteiger partial charge in [0.25, 0.3) is 0 Å². The summed E-state index contributed by atoms with van der Waals surface area (Å²) in [4.78, 5) is 22.4. The smallest absolute Gasteiger partial charge is 0.221 e. The van der Waals surface area contributed by atoms with E-state index >= 15 is 0 Å². The zero-order chi connectivity index (χ0) is 19.8. The Bertz CT molecular complexity index is 817. The van der Waals surface area contributed by atoms with Gasteiger partial charge in [0.1, 0.15) is 17.3 Å². The van der Waals surface area contributed by atoms with E-state index in [4.69, 9.17) is 0 Å². The minimum atomic E-state index is -0.548. The molecule has 0 saturated heterocycles. The quantitative estimate of drug-likeness (QED) is 0.593. The van der Waals surface area contributed by atoms with Crippen LogP contribution in [0.4, 0.5) is 10.1 Å². The van der Waals surface area contributed by atoms with Crippen LogP contribution in [0.1, 0.15) is 51.5 Å². The molecule has 0 fully saturated rings. The Labute approximate surface area is 159 Å². The molecule has 0 heterocycles. The van der Waals surface area contributed by atoms with E-state index in [2.05, 4.69) is 5.32 Å². The third-order valence-electron chi connectivity index (χ3n) is 4.51. The number of halogens is 1. The third-order valence-corrected chi connectivity index (χ3v) is 4.51. The van der Waals surface area contributed by atoms with Crippen molar-refractivity contribution in [1.29, 1.82) is 0 Å². The summed E-state index contributed by atoms with van der Waals surface area (Å²) in [5, 5.41) is 13.0. The second kappa shape index (κ2) is 9.86. The molecule has 0 atom stereocenters. The summed E-state index contributed by atoms with van der Waals surface area (Å²) in [6.07, 6.45) is 4.57. The molecule has 2 N–H and O–H groups in total. The molecule has 2 rings (SSSR count). The highest BCUT2D eigenvalue weighted by Gasteiger charge is 2.12. The summed E-state index contributed by atoms with van der Waals surface area (Å²) < 4.78 is 14.2. The number of unbranched alkanes of at least 4 members (excludes halogenated alkanes) is 2. The second-order valence-electron chi connectivity index (χ2n) is 6.64. The van der Waals surface area contributed by atoms with Gasteiger partial charge in [0, 0.05) is 25.3 Å². The average Bonchev–Trinajstić information content (AvgIpc) is 2.64. The highest BCUT2D eigenvalue weighted by molar-refractivity contribution is 5.89. The Morgan fingerprint density at radius 1 is 1.11 bits per heavy atom. The number of ketones is 1. The number of anilines is 1. The first-order valence-corrected chi connectivity index (χ1v) is 9.32. The summed E-state index contributed by atoms with van der Waals surface area (Å²) in [7, 11) is 0. The van der Waals surface area contributed by atoms with Crippen LogP contribution in [0, 0.1) is 5.82 Å². The van der Waals surface area contributed by atoms with Gasteiger partial charge >= 0.3 is 0 Å². The molecule has 0 aromatic heterocycles. The number of para-hydroxylation sites is 1. The molecule has 2 aromatic rings. The molecule has 5 heteroatoms. The molecular formula is C22H26FNO3. The standard InChI is InChI=1S/C22H26FNO3/c1-3-18(26)10-6-4-5-8-16-9-7-11-19(22(16)27)17-12-13-21(20(23)14-17)24-15(2)25/h7,9,11-14,27H,3-6,8,10H2,1-2H3,(H,24,25). The first-order valence-electron chi connectivity index (χ1n) is 9.32. The van der Waals surface area contributed by atoms with Gasteiger partial charge in [-0.1, -0.05) is 37.6 Å². The lowest BCUT2D eigenvalue weighted by Gasteiger charge is -2.11. The molecule has 1 amide bonds. The minimum absolute atomic E-state index is 0.114. The lowest BCUT2D eigenvalue weighted by Crippen LogP contribution is -2.07. The van der Waals surface area contributed by atoms with Crippen molar-refractivity contribution < 1.29 is 19.1 Å². The average molecular weight is 371 g/mol. The Morgan fingerprint density at radius 2 is 1.89 bits per heavy atom. The summed E-state index contributed by atoms with van der Waals surface area (Å²) in [6, 6.07) is 9.90. The number of hydrogen-bond donors (Lipinski definition) is 2. The first-order chi connectivity index (χ1) is 12.9. The lowest BCUT2D eigenvalue weighted by atomic mass is 9.97. The molecule has 0 aliphatic carbocycles. The molecule has 0 aliphatic rings. The van der Waals surface area contributed by atoms with E-state index in [1.807, 2.05) is 19.1 Å². The van der Waals surface area contributed by atoms with Crippen molar-refractivity contribution in [2.45, 2.75) is 52.4 Å². The van der Waals surface area contributed by atoms with E-state index < -0.39 is 5.82 Å². The summed E-state index contributed by atoms with van der Waals surface area (Å²) in [6.45, 7) is 3.19. The molecule has 144 valence electrons. The van der Waals surface area contributed by atoms with Gasteiger partial charge in [-0.25, -0.2) is 4.39 Å². The third kappa shape index (κ3) is 5.91. The highest BCUT2D eigenvalue weighted by atomic mass is 19.1. The molecule has 0 bridgehead atoms. The Morgan fingerprint density at radius 3 is 2.56 bits per heavy atom. The number of phenolic OH excluding ortho intramolecular Hbond substituents is 1.